The molecule has 4 nitrogen and oxygen atoms in total. The fourth-order valence-corrected chi connectivity index (χ4v) is 3.34. The van der Waals surface area contributed by atoms with Crippen LogP contribution in [-0.4, -0.2) is 9.97 Å². The molecule has 0 spiro atoms. The van der Waals surface area contributed by atoms with Gasteiger partial charge in [0.2, 0.25) is 5.88 Å². The summed E-state index contributed by atoms with van der Waals surface area (Å²) < 4.78 is 7.00. The van der Waals surface area contributed by atoms with Crippen LogP contribution in [0.25, 0.3) is 0 Å². The summed E-state index contributed by atoms with van der Waals surface area (Å²) in [6.07, 6.45) is 7.14. The number of nitrogens with zero attached hydrogens (tertiary/aromatic N) is 2. The third kappa shape index (κ3) is 3.02. The Labute approximate surface area is 132 Å². The molecular formula is C16H18BrN3O. The fourth-order valence-electron chi connectivity index (χ4n) is 2.75. The molecule has 5 heteroatoms. The first-order valence-corrected chi connectivity index (χ1v) is 8.00. The van der Waals surface area contributed by atoms with Crippen molar-refractivity contribution in [1.29, 1.82) is 0 Å². The second kappa shape index (κ2) is 6.02. The number of hydrogen-bond acceptors (Lipinski definition) is 4. The number of nitrogens with two attached hydrogens (primary N) is 1. The highest BCUT2D eigenvalue weighted by atomic mass is 79.9. The Kier molecular flexibility index (Phi) is 4.10. The van der Waals surface area contributed by atoms with Gasteiger partial charge in [-0.05, 0) is 50.3 Å². The lowest BCUT2D eigenvalue weighted by molar-refractivity contribution is 0.451. The van der Waals surface area contributed by atoms with Crippen LogP contribution in [0.15, 0.2) is 22.9 Å². The zero-order valence-electron chi connectivity index (χ0n) is 12.0. The quantitative estimate of drug-likeness (QED) is 0.653. The van der Waals surface area contributed by atoms with Crippen LogP contribution in [-0.2, 0) is 12.8 Å². The SMILES string of the molecule is Cc1cc(Br)cc(N)c1Oc1ncnc2c1CCCCC2. The average molecular weight is 348 g/mol. The molecule has 0 aliphatic heterocycles. The third-order valence-corrected chi connectivity index (χ3v) is 4.26. The monoisotopic (exact) mass is 347 g/mol. The van der Waals surface area contributed by atoms with E-state index in [2.05, 4.69) is 25.9 Å². The predicted octanol–water partition coefficient (Wildman–Crippen LogP) is 4.19. The van der Waals surface area contributed by atoms with Gasteiger partial charge in [0.15, 0.2) is 5.75 Å². The molecule has 1 aromatic carbocycles. The summed E-state index contributed by atoms with van der Waals surface area (Å²) in [5.74, 6) is 1.34. The van der Waals surface area contributed by atoms with Crippen LogP contribution in [0.5, 0.6) is 11.6 Å². The van der Waals surface area contributed by atoms with Crippen molar-refractivity contribution in [3.05, 3.63) is 39.8 Å². The Morgan fingerprint density at radius 1 is 1.14 bits per heavy atom. The van der Waals surface area contributed by atoms with Crippen molar-refractivity contribution in [3.63, 3.8) is 0 Å². The van der Waals surface area contributed by atoms with Gasteiger partial charge in [-0.25, -0.2) is 9.97 Å². The van der Waals surface area contributed by atoms with E-state index >= 15 is 0 Å². The number of benzene rings is 1. The molecule has 0 atom stereocenters. The number of aryl methyl sites for hydroxylation is 2. The molecular weight excluding hydrogens is 330 g/mol. The first-order valence-electron chi connectivity index (χ1n) is 7.21. The van der Waals surface area contributed by atoms with Gasteiger partial charge in [-0.2, -0.15) is 0 Å². The summed E-state index contributed by atoms with van der Waals surface area (Å²) in [4.78, 5) is 8.74. The molecule has 0 bridgehead atoms. The van der Waals surface area contributed by atoms with Gasteiger partial charge in [-0.15, -0.1) is 0 Å². The molecule has 110 valence electrons. The Morgan fingerprint density at radius 2 is 1.95 bits per heavy atom. The van der Waals surface area contributed by atoms with Crippen molar-refractivity contribution in [2.75, 3.05) is 5.73 Å². The van der Waals surface area contributed by atoms with Crippen LogP contribution < -0.4 is 10.5 Å². The lowest BCUT2D eigenvalue weighted by Gasteiger charge is -2.14. The lowest BCUT2D eigenvalue weighted by atomic mass is 10.1. The van der Waals surface area contributed by atoms with Gasteiger partial charge in [0.25, 0.3) is 0 Å². The van der Waals surface area contributed by atoms with E-state index in [0.717, 1.165) is 40.6 Å². The van der Waals surface area contributed by atoms with Crippen LogP contribution in [0.1, 0.15) is 36.1 Å². The number of anilines is 1. The number of halogens is 1. The molecule has 3 rings (SSSR count). The first-order chi connectivity index (χ1) is 10.1. The number of aromatic nitrogens is 2. The number of rotatable bonds is 2. The highest BCUT2D eigenvalue weighted by molar-refractivity contribution is 9.10. The van der Waals surface area contributed by atoms with E-state index in [1.807, 2.05) is 19.1 Å². The van der Waals surface area contributed by atoms with Crippen molar-refractivity contribution in [3.8, 4) is 11.6 Å². The van der Waals surface area contributed by atoms with E-state index in [-0.39, 0.29) is 0 Å². The molecule has 21 heavy (non-hydrogen) atoms. The molecule has 1 aliphatic carbocycles. The number of hydrogen-bond donors (Lipinski definition) is 1. The smallest absolute Gasteiger partial charge is 0.225 e. The van der Waals surface area contributed by atoms with Crippen molar-refractivity contribution < 1.29 is 4.74 Å². The molecule has 1 aliphatic rings. The summed E-state index contributed by atoms with van der Waals surface area (Å²) in [5.41, 5.74) is 9.93. The van der Waals surface area contributed by atoms with Gasteiger partial charge < -0.3 is 10.5 Å². The summed E-state index contributed by atoms with van der Waals surface area (Å²) in [6.45, 7) is 1.98. The van der Waals surface area contributed by atoms with Gasteiger partial charge in [0.05, 0.1) is 11.4 Å². The summed E-state index contributed by atoms with van der Waals surface area (Å²) in [7, 11) is 0. The first kappa shape index (κ1) is 14.3. The Morgan fingerprint density at radius 3 is 2.76 bits per heavy atom. The maximum atomic E-state index is 6.08. The largest absolute Gasteiger partial charge is 0.436 e. The fraction of sp³-hybridized carbons (Fsp3) is 0.375. The minimum Gasteiger partial charge on any atom is -0.436 e. The van der Waals surface area contributed by atoms with Crippen LogP contribution in [0, 0.1) is 6.92 Å². The lowest BCUT2D eigenvalue weighted by Crippen LogP contribution is -2.03. The minimum atomic E-state index is 0.614. The second-order valence-corrected chi connectivity index (χ2v) is 6.32. The van der Waals surface area contributed by atoms with Gasteiger partial charge in [-0.3, -0.25) is 0 Å². The van der Waals surface area contributed by atoms with Gasteiger partial charge >= 0.3 is 0 Å². The minimum absolute atomic E-state index is 0.614. The van der Waals surface area contributed by atoms with Crippen LogP contribution in [0.2, 0.25) is 0 Å². The predicted molar refractivity (Wildman–Crippen MR) is 86.7 cm³/mol. The molecule has 0 saturated carbocycles. The van der Waals surface area contributed by atoms with Crippen molar-refractivity contribution >= 4 is 21.6 Å². The summed E-state index contributed by atoms with van der Waals surface area (Å²) in [6, 6.07) is 3.84. The summed E-state index contributed by atoms with van der Waals surface area (Å²) >= 11 is 3.44. The molecule has 0 fully saturated rings. The highest BCUT2D eigenvalue weighted by Crippen LogP contribution is 2.35. The molecule has 2 N–H and O–H groups in total. The number of ether oxygens (including phenoxy) is 1. The summed E-state index contributed by atoms with van der Waals surface area (Å²) in [5, 5.41) is 0. The van der Waals surface area contributed by atoms with E-state index in [1.54, 1.807) is 6.33 Å². The Bertz CT molecular complexity index is 650. The standard InChI is InChI=1S/C16H18BrN3O/c1-10-7-11(17)8-13(18)15(10)21-16-12-5-3-2-4-6-14(12)19-9-20-16/h7-9H,2-6,18H2,1H3. The zero-order valence-corrected chi connectivity index (χ0v) is 13.6. The maximum absolute atomic E-state index is 6.08. The number of fused-ring (bicyclic) bond motifs is 1. The third-order valence-electron chi connectivity index (χ3n) is 3.80. The van der Waals surface area contributed by atoms with Crippen molar-refractivity contribution in [2.24, 2.45) is 0 Å². The second-order valence-electron chi connectivity index (χ2n) is 5.41. The van der Waals surface area contributed by atoms with E-state index in [4.69, 9.17) is 10.5 Å². The topological polar surface area (TPSA) is 61.0 Å². The van der Waals surface area contributed by atoms with Crippen LogP contribution in [0.3, 0.4) is 0 Å². The van der Waals surface area contributed by atoms with Crippen molar-refractivity contribution in [2.45, 2.75) is 39.0 Å². The van der Waals surface area contributed by atoms with E-state index in [1.165, 1.54) is 12.8 Å². The zero-order chi connectivity index (χ0) is 14.8. The van der Waals surface area contributed by atoms with Crippen LogP contribution in [0.4, 0.5) is 5.69 Å². The Hall–Kier alpha value is -1.62. The molecule has 2 aromatic rings. The normalized spacial score (nSPS) is 14.4. The molecule has 1 heterocycles. The van der Waals surface area contributed by atoms with Gasteiger partial charge in [0, 0.05) is 10.0 Å². The molecule has 0 saturated heterocycles. The highest BCUT2D eigenvalue weighted by Gasteiger charge is 2.17. The van der Waals surface area contributed by atoms with Gasteiger partial charge in [0.1, 0.15) is 6.33 Å². The van der Waals surface area contributed by atoms with E-state index < -0.39 is 0 Å². The Balaban J connectivity index is 1.99. The maximum Gasteiger partial charge on any atom is 0.225 e. The molecule has 0 radical (unpaired) electrons. The average Bonchev–Trinajstić information content (AvgIpc) is 2.68. The number of nitrogen functional groups attached to an aromatic ring is 1. The van der Waals surface area contributed by atoms with E-state index in [9.17, 15) is 0 Å². The molecule has 0 amide bonds. The van der Waals surface area contributed by atoms with Crippen molar-refractivity contribution in [1.82, 2.24) is 9.97 Å². The molecule has 0 unspecified atom stereocenters. The molecule has 1 aromatic heterocycles. The van der Waals surface area contributed by atoms with Gasteiger partial charge in [-0.1, -0.05) is 22.4 Å². The van der Waals surface area contributed by atoms with Crippen LogP contribution >= 0.6 is 15.9 Å². The van der Waals surface area contributed by atoms with E-state index in [0.29, 0.717) is 17.3 Å².